The van der Waals surface area contributed by atoms with Gasteiger partial charge in [0.25, 0.3) is 11.8 Å². The Bertz CT molecular complexity index is 997. The molecule has 6 nitrogen and oxygen atoms in total. The van der Waals surface area contributed by atoms with E-state index < -0.39 is 17.8 Å². The summed E-state index contributed by atoms with van der Waals surface area (Å²) in [5.74, 6) is -0.758. The smallest absolute Gasteiger partial charge is 0.335 e. The molecule has 7 heteroatoms. The molecule has 4 amide bonds. The second-order valence-corrected chi connectivity index (χ2v) is 7.00. The van der Waals surface area contributed by atoms with Gasteiger partial charge in [0.05, 0.1) is 17.3 Å². The van der Waals surface area contributed by atoms with Crippen LogP contribution in [0.1, 0.15) is 16.7 Å². The normalized spacial score (nSPS) is 15.9. The maximum Gasteiger partial charge on any atom is 0.335 e. The molecule has 0 saturated carbocycles. The maximum atomic E-state index is 13.0. The van der Waals surface area contributed by atoms with Crippen molar-refractivity contribution in [3.63, 3.8) is 0 Å². The highest BCUT2D eigenvalue weighted by Crippen LogP contribution is 2.29. The van der Waals surface area contributed by atoms with E-state index in [0.717, 1.165) is 16.0 Å². The van der Waals surface area contributed by atoms with Crippen molar-refractivity contribution >= 4 is 45.5 Å². The molecule has 0 aliphatic carbocycles. The fraction of sp³-hybridized carbons (Fsp3) is 0.150. The number of benzene rings is 2. The number of barbiturate groups is 1. The average molecular weight is 429 g/mol. The Morgan fingerprint density at radius 2 is 1.81 bits per heavy atom. The number of hydrogen-bond acceptors (Lipinski definition) is 4. The molecule has 138 valence electrons. The monoisotopic (exact) mass is 428 g/mol. The van der Waals surface area contributed by atoms with Gasteiger partial charge in [0.2, 0.25) is 0 Å². The van der Waals surface area contributed by atoms with Gasteiger partial charge in [0, 0.05) is 0 Å². The first-order chi connectivity index (χ1) is 12.8. The van der Waals surface area contributed by atoms with E-state index in [2.05, 4.69) is 21.2 Å². The van der Waals surface area contributed by atoms with E-state index in [1.54, 1.807) is 38.3 Å². The van der Waals surface area contributed by atoms with Gasteiger partial charge >= 0.3 is 6.03 Å². The van der Waals surface area contributed by atoms with Gasteiger partial charge in [0.15, 0.2) is 0 Å². The van der Waals surface area contributed by atoms with E-state index in [1.807, 2.05) is 19.1 Å². The predicted molar refractivity (Wildman–Crippen MR) is 106 cm³/mol. The van der Waals surface area contributed by atoms with Crippen LogP contribution in [0.4, 0.5) is 10.5 Å². The quantitative estimate of drug-likeness (QED) is 0.596. The van der Waals surface area contributed by atoms with Crippen LogP contribution in [0.2, 0.25) is 0 Å². The third kappa shape index (κ3) is 3.64. The van der Waals surface area contributed by atoms with Crippen LogP contribution in [-0.4, -0.2) is 25.0 Å². The summed E-state index contributed by atoms with van der Waals surface area (Å²) >= 11 is 3.37. The molecule has 1 aliphatic heterocycles. The summed E-state index contributed by atoms with van der Waals surface area (Å²) in [7, 11) is 1.55. The van der Waals surface area contributed by atoms with Crippen LogP contribution in [-0.2, 0) is 9.59 Å². The van der Waals surface area contributed by atoms with Crippen LogP contribution in [0.5, 0.6) is 5.75 Å². The van der Waals surface area contributed by atoms with Crippen LogP contribution < -0.4 is 15.0 Å². The molecule has 0 radical (unpaired) electrons. The molecule has 1 heterocycles. The first-order valence-electron chi connectivity index (χ1n) is 8.14. The molecule has 1 N–H and O–H groups in total. The average Bonchev–Trinajstić information content (AvgIpc) is 2.61. The minimum Gasteiger partial charge on any atom is -0.496 e. The zero-order valence-electron chi connectivity index (χ0n) is 15.0. The molecular weight excluding hydrogens is 412 g/mol. The Morgan fingerprint density at radius 1 is 1.07 bits per heavy atom. The lowest BCUT2D eigenvalue weighted by molar-refractivity contribution is -0.122. The second kappa shape index (κ2) is 7.36. The van der Waals surface area contributed by atoms with Crippen molar-refractivity contribution in [1.82, 2.24) is 5.32 Å². The first kappa shape index (κ1) is 18.8. The Hall–Kier alpha value is -2.93. The molecule has 0 atom stereocenters. The molecule has 2 aromatic rings. The summed E-state index contributed by atoms with van der Waals surface area (Å²) in [5.41, 5.74) is 2.61. The number of hydrogen-bond donors (Lipinski definition) is 1. The topological polar surface area (TPSA) is 75.7 Å². The molecule has 0 spiro atoms. The molecule has 1 saturated heterocycles. The van der Waals surface area contributed by atoms with Gasteiger partial charge in [-0.3, -0.25) is 14.9 Å². The van der Waals surface area contributed by atoms with Crippen LogP contribution in [0.25, 0.3) is 6.08 Å². The standard InChI is InChI=1S/C20H17BrN2O4/c1-11-4-5-12(2)16(8-11)23-19(25)14(18(24)22-20(23)26)9-13-6-7-17(27-3)15(21)10-13/h4-10H,1-3H3,(H,22,24,26)/b14-9+. The van der Waals surface area contributed by atoms with Gasteiger partial charge < -0.3 is 4.74 Å². The minimum atomic E-state index is -0.758. The van der Waals surface area contributed by atoms with Crippen molar-refractivity contribution in [2.45, 2.75) is 13.8 Å². The summed E-state index contributed by atoms with van der Waals surface area (Å²) in [5, 5.41) is 2.23. The zero-order chi connectivity index (χ0) is 19.7. The number of carbonyl (C=O) groups is 3. The van der Waals surface area contributed by atoms with E-state index in [9.17, 15) is 14.4 Å². The number of anilines is 1. The highest BCUT2D eigenvalue weighted by molar-refractivity contribution is 9.10. The molecule has 27 heavy (non-hydrogen) atoms. The number of amides is 4. The van der Waals surface area contributed by atoms with Crippen LogP contribution in [0.15, 0.2) is 46.4 Å². The third-order valence-electron chi connectivity index (χ3n) is 4.19. The van der Waals surface area contributed by atoms with Crippen molar-refractivity contribution in [3.05, 3.63) is 63.1 Å². The van der Waals surface area contributed by atoms with Gasteiger partial charge in [-0.1, -0.05) is 18.2 Å². The first-order valence-corrected chi connectivity index (χ1v) is 8.93. The Labute approximate surface area is 164 Å². The van der Waals surface area contributed by atoms with Crippen LogP contribution in [0, 0.1) is 13.8 Å². The van der Waals surface area contributed by atoms with Crippen molar-refractivity contribution in [2.24, 2.45) is 0 Å². The highest BCUT2D eigenvalue weighted by Gasteiger charge is 2.37. The number of ether oxygens (including phenoxy) is 1. The number of urea groups is 1. The van der Waals surface area contributed by atoms with Gasteiger partial charge in [-0.25, -0.2) is 9.69 Å². The fourth-order valence-corrected chi connectivity index (χ4v) is 3.33. The van der Waals surface area contributed by atoms with E-state index in [-0.39, 0.29) is 5.57 Å². The van der Waals surface area contributed by atoms with Crippen LogP contribution >= 0.6 is 15.9 Å². The molecule has 3 rings (SSSR count). The second-order valence-electron chi connectivity index (χ2n) is 6.14. The van der Waals surface area contributed by atoms with E-state index in [1.165, 1.54) is 6.08 Å². The molecule has 1 fully saturated rings. The van der Waals surface area contributed by atoms with Crippen molar-refractivity contribution in [1.29, 1.82) is 0 Å². The third-order valence-corrected chi connectivity index (χ3v) is 4.81. The largest absolute Gasteiger partial charge is 0.496 e. The number of imide groups is 2. The number of rotatable bonds is 3. The number of methoxy groups -OCH3 is 1. The lowest BCUT2D eigenvalue weighted by atomic mass is 10.0. The fourth-order valence-electron chi connectivity index (χ4n) is 2.78. The lowest BCUT2D eigenvalue weighted by Gasteiger charge is -2.27. The lowest BCUT2D eigenvalue weighted by Crippen LogP contribution is -2.54. The molecular formula is C20H17BrN2O4. The molecule has 0 unspecified atom stereocenters. The molecule has 1 aliphatic rings. The molecule has 2 aromatic carbocycles. The zero-order valence-corrected chi connectivity index (χ0v) is 16.6. The van der Waals surface area contributed by atoms with Crippen molar-refractivity contribution in [3.8, 4) is 5.75 Å². The van der Waals surface area contributed by atoms with E-state index >= 15 is 0 Å². The van der Waals surface area contributed by atoms with E-state index in [0.29, 0.717) is 21.5 Å². The predicted octanol–water partition coefficient (Wildman–Crippen LogP) is 3.74. The van der Waals surface area contributed by atoms with Gasteiger partial charge in [-0.2, -0.15) is 0 Å². The van der Waals surface area contributed by atoms with E-state index in [4.69, 9.17) is 4.74 Å². The van der Waals surface area contributed by atoms with Crippen molar-refractivity contribution < 1.29 is 19.1 Å². The number of halogens is 1. The number of aryl methyl sites for hydroxylation is 2. The summed E-state index contributed by atoms with van der Waals surface area (Å²) in [4.78, 5) is 38.6. The van der Waals surface area contributed by atoms with Crippen LogP contribution in [0.3, 0.4) is 0 Å². The van der Waals surface area contributed by atoms with Gasteiger partial charge in [-0.05, 0) is 70.7 Å². The summed E-state index contributed by atoms with van der Waals surface area (Å²) < 4.78 is 5.86. The summed E-state index contributed by atoms with van der Waals surface area (Å²) in [6.45, 7) is 3.67. The SMILES string of the molecule is COc1ccc(/C=C2\C(=O)NC(=O)N(c3cc(C)ccc3C)C2=O)cc1Br. The maximum absolute atomic E-state index is 13.0. The van der Waals surface area contributed by atoms with Gasteiger partial charge in [0.1, 0.15) is 11.3 Å². The summed E-state index contributed by atoms with van der Waals surface area (Å²) in [6, 6.07) is 9.86. The highest BCUT2D eigenvalue weighted by atomic mass is 79.9. The number of nitrogens with one attached hydrogen (secondary N) is 1. The Morgan fingerprint density at radius 3 is 2.48 bits per heavy atom. The molecule has 0 bridgehead atoms. The number of carbonyl (C=O) groups excluding carboxylic acids is 3. The minimum absolute atomic E-state index is 0.118. The van der Waals surface area contributed by atoms with Crippen molar-refractivity contribution in [2.75, 3.05) is 12.0 Å². The van der Waals surface area contributed by atoms with Gasteiger partial charge in [-0.15, -0.1) is 0 Å². The molecule has 0 aromatic heterocycles. The summed E-state index contributed by atoms with van der Waals surface area (Å²) in [6.07, 6.45) is 1.45. The Balaban J connectivity index is 2.05. The number of nitrogens with zero attached hydrogens (tertiary/aromatic N) is 1. The Kier molecular flexibility index (Phi) is 5.14.